The van der Waals surface area contributed by atoms with Gasteiger partial charge in [0, 0.05) is 37.3 Å². The largest absolute Gasteiger partial charge is 0.379 e. The number of nitrogens with zero attached hydrogens (tertiary/aromatic N) is 2. The summed E-state index contributed by atoms with van der Waals surface area (Å²) in [5.41, 5.74) is 4.88. The van der Waals surface area contributed by atoms with Gasteiger partial charge in [-0.3, -0.25) is 10.00 Å². The number of ether oxygens (including phenoxy) is 1. The Bertz CT molecular complexity index is 642. The fourth-order valence-corrected chi connectivity index (χ4v) is 3.20. The van der Waals surface area contributed by atoms with Crippen LogP contribution in [0, 0.1) is 6.92 Å². The smallest absolute Gasteiger partial charge is 0.0695 e. The van der Waals surface area contributed by atoms with E-state index in [0.29, 0.717) is 0 Å². The number of morpholine rings is 1. The Labute approximate surface area is 144 Å². The van der Waals surface area contributed by atoms with Crippen molar-refractivity contribution in [3.63, 3.8) is 0 Å². The van der Waals surface area contributed by atoms with Crippen molar-refractivity contribution in [1.29, 1.82) is 0 Å². The fourth-order valence-electron chi connectivity index (χ4n) is 3.20. The third-order valence-electron chi connectivity index (χ3n) is 4.80. The standard InChI is InChI=1S/C19H28N4O/c1-15-4-6-16(7-5-15)18-17(13-21-22-18)12-20-14-19(2,3)23-8-10-24-11-9-23/h4-7,13,20H,8-12,14H2,1-3H3,(H,21,22). The van der Waals surface area contributed by atoms with Crippen LogP contribution in [0.3, 0.4) is 0 Å². The van der Waals surface area contributed by atoms with E-state index in [0.717, 1.165) is 45.1 Å². The van der Waals surface area contributed by atoms with Gasteiger partial charge in [0.1, 0.15) is 0 Å². The minimum atomic E-state index is 0.123. The van der Waals surface area contributed by atoms with Crippen LogP contribution in [0.2, 0.25) is 0 Å². The van der Waals surface area contributed by atoms with Crippen LogP contribution in [0.25, 0.3) is 11.3 Å². The summed E-state index contributed by atoms with van der Waals surface area (Å²) < 4.78 is 5.46. The second kappa shape index (κ2) is 7.47. The van der Waals surface area contributed by atoms with Crippen molar-refractivity contribution in [3.8, 4) is 11.3 Å². The van der Waals surface area contributed by atoms with E-state index in [2.05, 4.69) is 65.5 Å². The average Bonchev–Trinajstić information content (AvgIpc) is 3.05. The number of hydrogen-bond donors (Lipinski definition) is 2. The predicted molar refractivity (Wildman–Crippen MR) is 96.9 cm³/mol. The summed E-state index contributed by atoms with van der Waals surface area (Å²) in [6, 6.07) is 8.55. The quantitative estimate of drug-likeness (QED) is 0.856. The summed E-state index contributed by atoms with van der Waals surface area (Å²) in [5, 5.41) is 11.0. The zero-order valence-corrected chi connectivity index (χ0v) is 14.9. The molecule has 0 saturated carbocycles. The molecule has 1 fully saturated rings. The van der Waals surface area contributed by atoms with Gasteiger partial charge in [-0.05, 0) is 26.3 Å². The van der Waals surface area contributed by atoms with Gasteiger partial charge in [-0.2, -0.15) is 5.10 Å². The maximum Gasteiger partial charge on any atom is 0.0695 e. The first-order chi connectivity index (χ1) is 11.6. The molecule has 0 unspecified atom stereocenters. The SMILES string of the molecule is Cc1ccc(-c2[nH]ncc2CNCC(C)(C)N2CCOCC2)cc1. The molecule has 0 spiro atoms. The van der Waals surface area contributed by atoms with Crippen LogP contribution in [-0.2, 0) is 11.3 Å². The molecule has 0 radical (unpaired) electrons. The second-order valence-electron chi connectivity index (χ2n) is 7.15. The van der Waals surface area contributed by atoms with E-state index in [4.69, 9.17) is 4.74 Å². The van der Waals surface area contributed by atoms with Crippen molar-refractivity contribution in [2.45, 2.75) is 32.9 Å². The molecule has 5 heteroatoms. The summed E-state index contributed by atoms with van der Waals surface area (Å²) in [6.45, 7) is 12.1. The zero-order valence-electron chi connectivity index (χ0n) is 14.9. The number of benzene rings is 1. The van der Waals surface area contributed by atoms with E-state index in [1.807, 2.05) is 6.20 Å². The van der Waals surface area contributed by atoms with E-state index in [1.54, 1.807) is 0 Å². The lowest BCUT2D eigenvalue weighted by atomic mass is 10.0. The van der Waals surface area contributed by atoms with Gasteiger partial charge in [0.25, 0.3) is 0 Å². The molecule has 0 atom stereocenters. The molecular formula is C19H28N4O. The van der Waals surface area contributed by atoms with Gasteiger partial charge in [-0.15, -0.1) is 0 Å². The number of hydrogen-bond acceptors (Lipinski definition) is 4. The average molecular weight is 328 g/mol. The molecule has 5 nitrogen and oxygen atoms in total. The third kappa shape index (κ3) is 4.04. The molecule has 24 heavy (non-hydrogen) atoms. The highest BCUT2D eigenvalue weighted by molar-refractivity contribution is 5.62. The summed E-state index contributed by atoms with van der Waals surface area (Å²) >= 11 is 0. The number of aryl methyl sites for hydroxylation is 1. The highest BCUT2D eigenvalue weighted by atomic mass is 16.5. The summed E-state index contributed by atoms with van der Waals surface area (Å²) in [6.07, 6.45) is 1.92. The van der Waals surface area contributed by atoms with Crippen molar-refractivity contribution in [2.75, 3.05) is 32.8 Å². The van der Waals surface area contributed by atoms with Crippen LogP contribution in [0.4, 0.5) is 0 Å². The molecule has 2 aromatic rings. The van der Waals surface area contributed by atoms with Gasteiger partial charge in [0.05, 0.1) is 25.1 Å². The Morgan fingerprint density at radius 2 is 1.92 bits per heavy atom. The minimum absolute atomic E-state index is 0.123. The molecule has 1 aromatic carbocycles. The molecule has 0 aliphatic carbocycles. The highest BCUT2D eigenvalue weighted by Gasteiger charge is 2.27. The van der Waals surface area contributed by atoms with Gasteiger partial charge < -0.3 is 10.1 Å². The fraction of sp³-hybridized carbons (Fsp3) is 0.526. The van der Waals surface area contributed by atoms with Crippen molar-refractivity contribution in [1.82, 2.24) is 20.4 Å². The number of aromatic amines is 1. The van der Waals surface area contributed by atoms with Crippen LogP contribution in [0.5, 0.6) is 0 Å². The molecule has 1 saturated heterocycles. The number of H-pyrrole nitrogens is 1. The van der Waals surface area contributed by atoms with Crippen molar-refractivity contribution < 1.29 is 4.74 Å². The van der Waals surface area contributed by atoms with Crippen LogP contribution in [0.15, 0.2) is 30.5 Å². The molecule has 1 aliphatic rings. The first-order valence-electron chi connectivity index (χ1n) is 8.69. The van der Waals surface area contributed by atoms with Gasteiger partial charge in [0.2, 0.25) is 0 Å². The lowest BCUT2D eigenvalue weighted by molar-refractivity contribution is -0.00966. The number of rotatable bonds is 6. The Morgan fingerprint density at radius 1 is 1.21 bits per heavy atom. The molecule has 0 amide bonds. The van der Waals surface area contributed by atoms with E-state index >= 15 is 0 Å². The first kappa shape index (κ1) is 17.1. The lowest BCUT2D eigenvalue weighted by Crippen LogP contribution is -2.54. The van der Waals surface area contributed by atoms with Crippen LogP contribution < -0.4 is 5.32 Å². The molecule has 2 N–H and O–H groups in total. The zero-order chi connectivity index (χ0) is 17.0. The van der Waals surface area contributed by atoms with Crippen molar-refractivity contribution in [2.24, 2.45) is 0 Å². The summed E-state index contributed by atoms with van der Waals surface area (Å²) in [5.74, 6) is 0. The maximum absolute atomic E-state index is 5.46. The lowest BCUT2D eigenvalue weighted by Gasteiger charge is -2.41. The topological polar surface area (TPSA) is 53.2 Å². The number of nitrogens with one attached hydrogen (secondary N) is 2. The van der Waals surface area contributed by atoms with E-state index in [1.165, 1.54) is 16.7 Å². The minimum Gasteiger partial charge on any atom is -0.379 e. The Kier molecular flexibility index (Phi) is 5.33. The second-order valence-corrected chi connectivity index (χ2v) is 7.15. The molecule has 1 aromatic heterocycles. The normalized spacial score (nSPS) is 16.5. The van der Waals surface area contributed by atoms with Crippen molar-refractivity contribution >= 4 is 0 Å². The third-order valence-corrected chi connectivity index (χ3v) is 4.80. The van der Waals surface area contributed by atoms with Crippen molar-refractivity contribution in [3.05, 3.63) is 41.6 Å². The summed E-state index contributed by atoms with van der Waals surface area (Å²) in [4.78, 5) is 2.50. The monoisotopic (exact) mass is 328 g/mol. The molecule has 0 bridgehead atoms. The Hall–Kier alpha value is -1.69. The molecule has 2 heterocycles. The Morgan fingerprint density at radius 3 is 2.62 bits per heavy atom. The van der Waals surface area contributed by atoms with Crippen LogP contribution in [-0.4, -0.2) is 53.5 Å². The van der Waals surface area contributed by atoms with Crippen LogP contribution >= 0.6 is 0 Å². The molecular weight excluding hydrogens is 300 g/mol. The van der Waals surface area contributed by atoms with E-state index in [9.17, 15) is 0 Å². The molecule has 130 valence electrons. The van der Waals surface area contributed by atoms with E-state index < -0.39 is 0 Å². The maximum atomic E-state index is 5.46. The summed E-state index contributed by atoms with van der Waals surface area (Å²) in [7, 11) is 0. The van der Waals surface area contributed by atoms with Gasteiger partial charge >= 0.3 is 0 Å². The Balaban J connectivity index is 1.59. The predicted octanol–water partition coefficient (Wildman–Crippen LogP) is 2.59. The molecule has 3 rings (SSSR count). The van der Waals surface area contributed by atoms with Gasteiger partial charge in [-0.1, -0.05) is 29.8 Å². The van der Waals surface area contributed by atoms with E-state index in [-0.39, 0.29) is 5.54 Å². The van der Waals surface area contributed by atoms with Crippen LogP contribution in [0.1, 0.15) is 25.0 Å². The molecule has 1 aliphatic heterocycles. The highest BCUT2D eigenvalue weighted by Crippen LogP contribution is 2.22. The first-order valence-corrected chi connectivity index (χ1v) is 8.69. The number of aromatic nitrogens is 2. The van der Waals surface area contributed by atoms with Gasteiger partial charge in [0.15, 0.2) is 0 Å². The van der Waals surface area contributed by atoms with Gasteiger partial charge in [-0.25, -0.2) is 0 Å².